The van der Waals surface area contributed by atoms with Crippen LogP contribution in [0.2, 0.25) is 0 Å². The van der Waals surface area contributed by atoms with Crippen molar-refractivity contribution >= 4 is 13.4 Å². The number of aliphatic hydroxyl groups is 1. The fraction of sp³-hybridized carbons (Fsp3) is 0.250. The zero-order valence-corrected chi connectivity index (χ0v) is 13.9. The van der Waals surface area contributed by atoms with Crippen LogP contribution in [0.25, 0.3) is 0 Å². The molecule has 0 spiro atoms. The number of phenols is 2. The lowest BCUT2D eigenvalue weighted by atomic mass is 9.86. The highest BCUT2D eigenvalue weighted by atomic mass is 31.2. The van der Waals surface area contributed by atoms with Gasteiger partial charge in [0.1, 0.15) is 11.5 Å². The zero-order valence-electron chi connectivity index (χ0n) is 13.0. The molecular formula is C16H20NO6P. The van der Waals surface area contributed by atoms with Crippen molar-refractivity contribution in [3.8, 4) is 11.5 Å². The fourth-order valence-corrected chi connectivity index (χ4v) is 3.15. The van der Waals surface area contributed by atoms with E-state index in [0.717, 1.165) is 5.56 Å². The van der Waals surface area contributed by atoms with Gasteiger partial charge >= 0.3 is 7.75 Å². The van der Waals surface area contributed by atoms with Crippen LogP contribution < -0.4 is 5.09 Å². The average Bonchev–Trinajstić information content (AvgIpc) is 2.50. The van der Waals surface area contributed by atoms with E-state index in [1.165, 1.54) is 30.3 Å². The van der Waals surface area contributed by atoms with Crippen molar-refractivity contribution in [2.24, 2.45) is 0 Å². The van der Waals surface area contributed by atoms with Crippen molar-refractivity contribution in [1.29, 1.82) is 0 Å². The van der Waals surface area contributed by atoms with E-state index in [4.69, 9.17) is 9.79 Å². The molecule has 2 aromatic rings. The first kappa shape index (κ1) is 18.3. The molecule has 24 heavy (non-hydrogen) atoms. The number of rotatable bonds is 6. The molecule has 8 heteroatoms. The average molecular weight is 353 g/mol. The third-order valence-corrected chi connectivity index (χ3v) is 4.29. The fourth-order valence-electron chi connectivity index (χ4n) is 2.63. The Morgan fingerprint density at radius 2 is 1.62 bits per heavy atom. The number of benzene rings is 2. The van der Waals surface area contributed by atoms with E-state index in [1.54, 1.807) is 12.1 Å². The standard InChI is InChI=1S/C16H20NO6P/c1-2-13(10-3-5-11(18)6-4-10)16(20)14-9-12(19)7-8-15(14)17-24(21,22)23/h3-9,13,16,18-20H,2H2,1H3,(H3,17,21,22,23). The van der Waals surface area contributed by atoms with Crippen molar-refractivity contribution in [3.63, 3.8) is 0 Å². The summed E-state index contributed by atoms with van der Waals surface area (Å²) in [5.74, 6) is -0.408. The van der Waals surface area contributed by atoms with Crippen LogP contribution >= 0.6 is 7.75 Å². The topological polar surface area (TPSA) is 130 Å². The molecule has 0 amide bonds. The maximum atomic E-state index is 11.2. The van der Waals surface area contributed by atoms with Gasteiger partial charge in [-0.1, -0.05) is 19.1 Å². The molecule has 0 aromatic heterocycles. The molecular weight excluding hydrogens is 333 g/mol. The molecule has 130 valence electrons. The quantitative estimate of drug-likeness (QED) is 0.348. The second-order valence-corrected chi connectivity index (χ2v) is 6.79. The van der Waals surface area contributed by atoms with Gasteiger partial charge in [-0.15, -0.1) is 0 Å². The number of nitrogens with one attached hydrogen (secondary N) is 1. The van der Waals surface area contributed by atoms with Gasteiger partial charge in [-0.25, -0.2) is 4.57 Å². The van der Waals surface area contributed by atoms with Crippen LogP contribution in [0.4, 0.5) is 5.69 Å². The van der Waals surface area contributed by atoms with Gasteiger partial charge in [0.15, 0.2) is 0 Å². The second-order valence-electron chi connectivity index (χ2n) is 5.48. The monoisotopic (exact) mass is 353 g/mol. The predicted molar refractivity (Wildman–Crippen MR) is 89.9 cm³/mol. The number of hydrogen-bond donors (Lipinski definition) is 6. The molecule has 2 aromatic carbocycles. The molecule has 0 fully saturated rings. The summed E-state index contributed by atoms with van der Waals surface area (Å²) in [4.78, 5) is 18.2. The van der Waals surface area contributed by atoms with E-state index < -0.39 is 13.9 Å². The molecule has 0 saturated heterocycles. The Balaban J connectivity index is 2.42. The molecule has 6 N–H and O–H groups in total. The number of phenolic OH excluding ortho intramolecular Hbond substituents is 2. The maximum Gasteiger partial charge on any atom is 0.427 e. The molecule has 2 unspecified atom stereocenters. The van der Waals surface area contributed by atoms with Gasteiger partial charge in [0, 0.05) is 17.2 Å². The summed E-state index contributed by atoms with van der Waals surface area (Å²) in [6.07, 6.45) is -0.572. The van der Waals surface area contributed by atoms with Gasteiger partial charge in [-0.2, -0.15) is 0 Å². The van der Waals surface area contributed by atoms with Crippen LogP contribution in [0.5, 0.6) is 11.5 Å². The van der Waals surface area contributed by atoms with E-state index in [0.29, 0.717) is 6.42 Å². The van der Waals surface area contributed by atoms with Crippen LogP contribution in [0.1, 0.15) is 36.5 Å². The van der Waals surface area contributed by atoms with E-state index in [2.05, 4.69) is 5.09 Å². The van der Waals surface area contributed by atoms with Gasteiger partial charge in [0.25, 0.3) is 0 Å². The molecule has 0 aliphatic carbocycles. The third kappa shape index (κ3) is 4.49. The van der Waals surface area contributed by atoms with Gasteiger partial charge in [-0.3, -0.25) is 5.09 Å². The number of hydrogen-bond acceptors (Lipinski definition) is 4. The Bertz CT molecular complexity index is 743. The first-order valence-electron chi connectivity index (χ1n) is 7.35. The number of aliphatic hydroxyl groups excluding tert-OH is 1. The largest absolute Gasteiger partial charge is 0.508 e. The Kier molecular flexibility index (Phi) is 5.51. The Morgan fingerprint density at radius 3 is 2.17 bits per heavy atom. The molecule has 0 aliphatic rings. The first-order chi connectivity index (χ1) is 11.2. The highest BCUT2D eigenvalue weighted by Crippen LogP contribution is 2.43. The van der Waals surface area contributed by atoms with Crippen LogP contribution in [0, 0.1) is 0 Å². The minimum absolute atomic E-state index is 0.0471. The smallest absolute Gasteiger partial charge is 0.427 e. The van der Waals surface area contributed by atoms with Gasteiger partial charge in [0.2, 0.25) is 0 Å². The summed E-state index contributed by atoms with van der Waals surface area (Å²) in [6.45, 7) is 1.86. The normalized spacial score (nSPS) is 14.2. The van der Waals surface area contributed by atoms with Crippen molar-refractivity contribution in [2.45, 2.75) is 25.4 Å². The van der Waals surface area contributed by atoms with Crippen molar-refractivity contribution in [1.82, 2.24) is 0 Å². The van der Waals surface area contributed by atoms with Crippen LogP contribution in [0.15, 0.2) is 42.5 Å². The van der Waals surface area contributed by atoms with E-state index in [1.807, 2.05) is 6.92 Å². The minimum Gasteiger partial charge on any atom is -0.508 e. The van der Waals surface area contributed by atoms with Crippen LogP contribution in [-0.2, 0) is 4.57 Å². The minimum atomic E-state index is -4.56. The molecule has 0 radical (unpaired) electrons. The van der Waals surface area contributed by atoms with Gasteiger partial charge < -0.3 is 25.1 Å². The van der Waals surface area contributed by atoms with Crippen molar-refractivity contribution in [3.05, 3.63) is 53.6 Å². The number of anilines is 1. The lowest BCUT2D eigenvalue weighted by Crippen LogP contribution is -2.12. The van der Waals surface area contributed by atoms with Crippen molar-refractivity contribution < 1.29 is 29.7 Å². The van der Waals surface area contributed by atoms with Crippen molar-refractivity contribution in [2.75, 3.05) is 5.09 Å². The summed E-state index contributed by atoms with van der Waals surface area (Å²) < 4.78 is 11.2. The lowest BCUT2D eigenvalue weighted by Gasteiger charge is -2.25. The van der Waals surface area contributed by atoms with Crippen LogP contribution in [-0.4, -0.2) is 25.1 Å². The lowest BCUT2D eigenvalue weighted by molar-refractivity contribution is 0.143. The summed E-state index contributed by atoms with van der Waals surface area (Å²) in [6, 6.07) is 10.2. The zero-order chi connectivity index (χ0) is 17.9. The molecule has 7 nitrogen and oxygen atoms in total. The SMILES string of the molecule is CCC(c1ccc(O)cc1)C(O)c1cc(O)ccc1NP(=O)(O)O. The van der Waals surface area contributed by atoms with Crippen LogP contribution in [0.3, 0.4) is 0 Å². The van der Waals surface area contributed by atoms with Gasteiger partial charge in [0.05, 0.1) is 6.10 Å². The van der Waals surface area contributed by atoms with Gasteiger partial charge in [-0.05, 0) is 42.3 Å². The molecule has 2 rings (SSSR count). The molecule has 0 aliphatic heterocycles. The number of aromatic hydroxyl groups is 2. The highest BCUT2D eigenvalue weighted by Gasteiger charge is 2.26. The van der Waals surface area contributed by atoms with E-state index in [-0.39, 0.29) is 28.7 Å². The Labute approximate surface area is 139 Å². The summed E-state index contributed by atoms with van der Waals surface area (Å²) >= 11 is 0. The van der Waals surface area contributed by atoms with E-state index >= 15 is 0 Å². The molecule has 2 atom stereocenters. The predicted octanol–water partition coefficient (Wildman–Crippen LogP) is 2.83. The first-order valence-corrected chi connectivity index (χ1v) is 8.96. The molecule has 0 heterocycles. The summed E-state index contributed by atoms with van der Waals surface area (Å²) in [7, 11) is -4.56. The Hall–Kier alpha value is -2.05. The third-order valence-electron chi connectivity index (χ3n) is 3.76. The van der Waals surface area contributed by atoms with E-state index in [9.17, 15) is 19.9 Å². The summed E-state index contributed by atoms with van der Waals surface area (Å²) in [5, 5.41) is 31.9. The molecule has 0 saturated carbocycles. The second kappa shape index (κ2) is 7.23. The highest BCUT2D eigenvalue weighted by molar-refractivity contribution is 7.53. The summed E-state index contributed by atoms with van der Waals surface area (Å²) in [5.41, 5.74) is 0.984. The Morgan fingerprint density at radius 1 is 1.04 bits per heavy atom. The maximum absolute atomic E-state index is 11.2. The molecule has 0 bridgehead atoms.